The van der Waals surface area contributed by atoms with E-state index >= 15 is 0 Å². The molecule has 1 aliphatic heterocycles. The largest absolute Gasteiger partial charge is 0.484 e. The molecular weight excluding hydrogens is 432 g/mol. The molecule has 2 aliphatic rings. The first-order valence-corrected chi connectivity index (χ1v) is 10.0. The Bertz CT molecular complexity index is 656. The summed E-state index contributed by atoms with van der Waals surface area (Å²) in [4.78, 5) is 34.9. The van der Waals surface area contributed by atoms with Crippen LogP contribution in [0.15, 0.2) is 28.7 Å². The van der Waals surface area contributed by atoms with Crippen LogP contribution < -0.4 is 4.74 Å². The lowest BCUT2D eigenvalue weighted by Crippen LogP contribution is -2.52. The highest BCUT2D eigenvalue weighted by molar-refractivity contribution is 9.10. The smallest absolute Gasteiger partial charge is 0.414 e. The van der Waals surface area contributed by atoms with E-state index in [1.54, 1.807) is 0 Å². The number of carboxylic acids is 2. The minimum Gasteiger partial charge on any atom is -0.484 e. The van der Waals surface area contributed by atoms with Gasteiger partial charge in [-0.3, -0.25) is 9.69 Å². The summed E-state index contributed by atoms with van der Waals surface area (Å²) in [5, 5.41) is 14.8. The zero-order valence-corrected chi connectivity index (χ0v) is 17.1. The molecule has 1 saturated carbocycles. The monoisotopic (exact) mass is 456 g/mol. The summed E-state index contributed by atoms with van der Waals surface area (Å²) >= 11 is 3.39. The van der Waals surface area contributed by atoms with Gasteiger partial charge in [0.05, 0.1) is 0 Å². The lowest BCUT2D eigenvalue weighted by Gasteiger charge is -2.38. The van der Waals surface area contributed by atoms with E-state index in [0.29, 0.717) is 0 Å². The van der Waals surface area contributed by atoms with E-state index in [9.17, 15) is 4.79 Å². The van der Waals surface area contributed by atoms with Crippen molar-refractivity contribution in [1.82, 2.24) is 9.80 Å². The topological polar surface area (TPSA) is 107 Å². The van der Waals surface area contributed by atoms with Crippen molar-refractivity contribution in [3.8, 4) is 5.75 Å². The summed E-state index contributed by atoms with van der Waals surface area (Å²) < 4.78 is 6.59. The average molecular weight is 457 g/mol. The van der Waals surface area contributed by atoms with Crippen molar-refractivity contribution < 1.29 is 29.3 Å². The lowest BCUT2D eigenvalue weighted by atomic mass is 10.2. The van der Waals surface area contributed by atoms with E-state index in [1.807, 2.05) is 29.2 Å². The van der Waals surface area contributed by atoms with Crippen molar-refractivity contribution >= 4 is 33.8 Å². The summed E-state index contributed by atoms with van der Waals surface area (Å²) in [7, 11) is 0. The summed E-state index contributed by atoms with van der Waals surface area (Å²) in [6, 6.07) is 8.33. The Labute approximate surface area is 172 Å². The first kappa shape index (κ1) is 22.2. The normalized spacial score (nSPS) is 17.5. The van der Waals surface area contributed by atoms with Gasteiger partial charge >= 0.3 is 11.9 Å². The summed E-state index contributed by atoms with van der Waals surface area (Å²) in [5.41, 5.74) is 0. The van der Waals surface area contributed by atoms with Gasteiger partial charge in [0, 0.05) is 36.7 Å². The molecule has 2 fully saturated rings. The molecule has 1 aromatic carbocycles. The number of piperazine rings is 1. The second-order valence-electron chi connectivity index (χ2n) is 6.71. The van der Waals surface area contributed by atoms with Gasteiger partial charge in [0.25, 0.3) is 5.91 Å². The Kier molecular flexibility index (Phi) is 8.72. The fraction of sp³-hybridized carbons (Fsp3) is 0.526. The maximum absolute atomic E-state index is 12.2. The quantitative estimate of drug-likeness (QED) is 0.667. The lowest BCUT2D eigenvalue weighted by molar-refractivity contribution is -0.159. The van der Waals surface area contributed by atoms with Crippen LogP contribution in [-0.2, 0) is 14.4 Å². The van der Waals surface area contributed by atoms with Gasteiger partial charge in [0.15, 0.2) is 6.61 Å². The van der Waals surface area contributed by atoms with Crippen LogP contribution in [0.2, 0.25) is 0 Å². The summed E-state index contributed by atoms with van der Waals surface area (Å²) in [5.74, 6) is -2.82. The number of hydrogen-bond donors (Lipinski definition) is 2. The average Bonchev–Trinajstić information content (AvgIpc) is 3.22. The van der Waals surface area contributed by atoms with E-state index < -0.39 is 11.9 Å². The molecule has 1 aliphatic carbocycles. The number of rotatable bonds is 4. The molecule has 0 unspecified atom stereocenters. The molecule has 1 aromatic rings. The highest BCUT2D eigenvalue weighted by Gasteiger charge is 2.27. The van der Waals surface area contributed by atoms with Crippen LogP contribution in [0, 0.1) is 0 Å². The number of carbonyl (C=O) groups is 3. The fourth-order valence-corrected chi connectivity index (χ4v) is 3.64. The Morgan fingerprint density at radius 2 is 1.50 bits per heavy atom. The van der Waals surface area contributed by atoms with Gasteiger partial charge in [0.2, 0.25) is 0 Å². The number of nitrogens with zero attached hydrogens (tertiary/aromatic N) is 2. The van der Waals surface area contributed by atoms with Crippen LogP contribution in [0.25, 0.3) is 0 Å². The molecule has 0 aromatic heterocycles. The first-order chi connectivity index (χ1) is 13.4. The van der Waals surface area contributed by atoms with Gasteiger partial charge in [-0.1, -0.05) is 28.8 Å². The van der Waals surface area contributed by atoms with Gasteiger partial charge in [-0.15, -0.1) is 0 Å². The van der Waals surface area contributed by atoms with Crippen LogP contribution >= 0.6 is 15.9 Å². The first-order valence-electron chi connectivity index (χ1n) is 9.23. The van der Waals surface area contributed by atoms with Crippen LogP contribution in [0.3, 0.4) is 0 Å². The van der Waals surface area contributed by atoms with Crippen LogP contribution in [0.4, 0.5) is 0 Å². The Morgan fingerprint density at radius 3 is 2.00 bits per heavy atom. The molecular formula is C19H25BrN2O6. The van der Waals surface area contributed by atoms with E-state index in [4.69, 9.17) is 24.5 Å². The molecule has 0 bridgehead atoms. The highest BCUT2D eigenvalue weighted by atomic mass is 79.9. The van der Waals surface area contributed by atoms with E-state index in [1.165, 1.54) is 25.7 Å². The van der Waals surface area contributed by atoms with Crippen molar-refractivity contribution in [3.05, 3.63) is 28.7 Å². The van der Waals surface area contributed by atoms with Gasteiger partial charge < -0.3 is 19.8 Å². The molecule has 0 spiro atoms. The van der Waals surface area contributed by atoms with Gasteiger partial charge in [-0.2, -0.15) is 0 Å². The van der Waals surface area contributed by atoms with Crippen molar-refractivity contribution in [3.63, 3.8) is 0 Å². The zero-order chi connectivity index (χ0) is 20.5. The molecule has 8 nitrogen and oxygen atoms in total. The number of carbonyl (C=O) groups excluding carboxylic acids is 1. The number of halogens is 1. The predicted octanol–water partition coefficient (Wildman–Crippen LogP) is 2.07. The Balaban J connectivity index is 0.000000409. The maximum atomic E-state index is 12.2. The summed E-state index contributed by atoms with van der Waals surface area (Å²) in [6.07, 6.45) is 5.40. The van der Waals surface area contributed by atoms with Gasteiger partial charge in [-0.25, -0.2) is 9.59 Å². The number of aliphatic carboxylic acids is 2. The molecule has 1 heterocycles. The van der Waals surface area contributed by atoms with Crippen LogP contribution in [-0.4, -0.2) is 76.7 Å². The number of ether oxygens (including phenoxy) is 1. The number of benzene rings is 1. The Morgan fingerprint density at radius 1 is 0.964 bits per heavy atom. The van der Waals surface area contributed by atoms with Gasteiger partial charge in [-0.05, 0) is 37.1 Å². The fourth-order valence-electron chi connectivity index (χ4n) is 3.37. The molecule has 0 atom stereocenters. The number of amides is 1. The standard InChI is InChI=1S/C17H23BrN2O2.C2H2O4/c18-14-5-7-16(8-6-14)22-13-17(21)20-11-9-19(10-12-20)15-3-1-2-4-15;3-1(4)2(5)6/h5-8,15H,1-4,9-13H2;(H,3,4)(H,5,6). The molecule has 1 amide bonds. The van der Waals surface area contributed by atoms with Gasteiger partial charge in [0.1, 0.15) is 5.75 Å². The number of hydrogen-bond acceptors (Lipinski definition) is 5. The third-order valence-electron chi connectivity index (χ3n) is 4.87. The van der Waals surface area contributed by atoms with Crippen molar-refractivity contribution in [2.45, 2.75) is 31.7 Å². The molecule has 154 valence electrons. The van der Waals surface area contributed by atoms with Crippen molar-refractivity contribution in [2.75, 3.05) is 32.8 Å². The van der Waals surface area contributed by atoms with E-state index in [-0.39, 0.29) is 12.5 Å². The summed E-state index contributed by atoms with van der Waals surface area (Å²) in [6.45, 7) is 3.81. The molecule has 28 heavy (non-hydrogen) atoms. The minimum atomic E-state index is -1.82. The van der Waals surface area contributed by atoms with Crippen LogP contribution in [0.5, 0.6) is 5.75 Å². The van der Waals surface area contributed by atoms with E-state index in [0.717, 1.165) is 42.4 Å². The van der Waals surface area contributed by atoms with E-state index in [2.05, 4.69) is 20.8 Å². The van der Waals surface area contributed by atoms with Crippen molar-refractivity contribution in [2.24, 2.45) is 0 Å². The second kappa shape index (κ2) is 11.0. The maximum Gasteiger partial charge on any atom is 0.414 e. The molecule has 2 N–H and O–H groups in total. The van der Waals surface area contributed by atoms with Crippen LogP contribution in [0.1, 0.15) is 25.7 Å². The Hall–Kier alpha value is -2.13. The van der Waals surface area contributed by atoms with Crippen molar-refractivity contribution in [1.29, 1.82) is 0 Å². The third-order valence-corrected chi connectivity index (χ3v) is 5.40. The highest BCUT2D eigenvalue weighted by Crippen LogP contribution is 2.24. The minimum absolute atomic E-state index is 0.0917. The molecule has 3 rings (SSSR count). The molecule has 0 radical (unpaired) electrons. The SMILES string of the molecule is O=C(COc1ccc(Br)cc1)N1CCN(C2CCCC2)CC1.O=C(O)C(=O)O. The predicted molar refractivity (Wildman–Crippen MR) is 105 cm³/mol. The molecule has 9 heteroatoms. The third kappa shape index (κ3) is 7.12. The zero-order valence-electron chi connectivity index (χ0n) is 15.6. The number of carboxylic acid groups (broad SMARTS) is 2. The molecule has 1 saturated heterocycles. The second-order valence-corrected chi connectivity index (χ2v) is 7.62.